The molecule has 1 aliphatic rings. The third kappa shape index (κ3) is 3.82. The lowest BCUT2D eigenvalue weighted by Crippen LogP contribution is -2.44. The van der Waals surface area contributed by atoms with Gasteiger partial charge in [0.1, 0.15) is 5.69 Å². The zero-order chi connectivity index (χ0) is 18.0. The van der Waals surface area contributed by atoms with Gasteiger partial charge in [0.05, 0.1) is 11.7 Å². The SMILES string of the molecule is Cc1[nH]c(C(=O)NC2CCCC(C)C2C)c(C)c1C(=O)OC(C)C. The maximum atomic E-state index is 12.7. The first-order valence-electron chi connectivity index (χ1n) is 8.93. The van der Waals surface area contributed by atoms with Gasteiger partial charge in [-0.1, -0.05) is 26.7 Å². The average molecular weight is 334 g/mol. The third-order valence-electron chi connectivity index (χ3n) is 5.23. The number of carbonyl (C=O) groups is 2. The summed E-state index contributed by atoms with van der Waals surface area (Å²) in [6.45, 7) is 11.7. The van der Waals surface area contributed by atoms with Crippen molar-refractivity contribution in [1.29, 1.82) is 0 Å². The summed E-state index contributed by atoms with van der Waals surface area (Å²) in [6.07, 6.45) is 3.19. The van der Waals surface area contributed by atoms with Gasteiger partial charge >= 0.3 is 5.97 Å². The molecule has 1 aromatic heterocycles. The summed E-state index contributed by atoms with van der Waals surface area (Å²) in [5.74, 6) is 0.566. The fraction of sp³-hybridized carbons (Fsp3) is 0.684. The summed E-state index contributed by atoms with van der Waals surface area (Å²) < 4.78 is 5.28. The number of hydrogen-bond acceptors (Lipinski definition) is 3. The molecule has 3 unspecified atom stereocenters. The Bertz CT molecular complexity index is 618. The number of aromatic nitrogens is 1. The summed E-state index contributed by atoms with van der Waals surface area (Å²) in [5.41, 5.74) is 2.27. The van der Waals surface area contributed by atoms with Gasteiger partial charge in [0, 0.05) is 11.7 Å². The lowest BCUT2D eigenvalue weighted by Gasteiger charge is -2.34. The maximum absolute atomic E-state index is 12.7. The highest BCUT2D eigenvalue weighted by molar-refractivity contribution is 6.00. The van der Waals surface area contributed by atoms with E-state index in [-0.39, 0.29) is 24.0 Å². The summed E-state index contributed by atoms with van der Waals surface area (Å²) in [7, 11) is 0. The van der Waals surface area contributed by atoms with Gasteiger partial charge in [0.2, 0.25) is 0 Å². The molecule has 1 fully saturated rings. The molecule has 0 radical (unpaired) electrons. The zero-order valence-electron chi connectivity index (χ0n) is 15.7. The van der Waals surface area contributed by atoms with E-state index in [1.807, 2.05) is 13.8 Å². The summed E-state index contributed by atoms with van der Waals surface area (Å²) in [6, 6.07) is 0.190. The smallest absolute Gasteiger partial charge is 0.340 e. The van der Waals surface area contributed by atoms with Crippen LogP contribution in [0.15, 0.2) is 0 Å². The molecule has 1 heterocycles. The molecule has 5 nitrogen and oxygen atoms in total. The molecule has 3 atom stereocenters. The lowest BCUT2D eigenvalue weighted by atomic mass is 9.78. The normalized spacial score (nSPS) is 24.0. The van der Waals surface area contributed by atoms with Crippen molar-refractivity contribution in [1.82, 2.24) is 10.3 Å². The van der Waals surface area contributed by atoms with Crippen molar-refractivity contribution in [3.8, 4) is 0 Å². The quantitative estimate of drug-likeness (QED) is 0.824. The molecular weight excluding hydrogens is 304 g/mol. The highest BCUT2D eigenvalue weighted by atomic mass is 16.5. The number of ether oxygens (including phenoxy) is 1. The molecular formula is C19H30N2O3. The molecule has 1 aliphatic carbocycles. The van der Waals surface area contributed by atoms with Crippen LogP contribution in [0.5, 0.6) is 0 Å². The van der Waals surface area contributed by atoms with Crippen molar-refractivity contribution >= 4 is 11.9 Å². The summed E-state index contributed by atoms with van der Waals surface area (Å²) >= 11 is 0. The maximum Gasteiger partial charge on any atom is 0.340 e. The van der Waals surface area contributed by atoms with E-state index in [1.54, 1.807) is 13.8 Å². The van der Waals surface area contributed by atoms with E-state index in [0.717, 1.165) is 12.8 Å². The van der Waals surface area contributed by atoms with Crippen LogP contribution in [0.25, 0.3) is 0 Å². The predicted octanol–water partition coefficient (Wildman–Crippen LogP) is 3.75. The fourth-order valence-electron chi connectivity index (χ4n) is 3.58. The van der Waals surface area contributed by atoms with Gasteiger partial charge in [-0.15, -0.1) is 0 Å². The Morgan fingerprint density at radius 2 is 1.88 bits per heavy atom. The molecule has 134 valence electrons. The lowest BCUT2D eigenvalue weighted by molar-refractivity contribution is 0.0376. The van der Waals surface area contributed by atoms with Gasteiger partial charge in [-0.2, -0.15) is 0 Å². The van der Waals surface area contributed by atoms with E-state index in [4.69, 9.17) is 4.74 Å². The van der Waals surface area contributed by atoms with Crippen LogP contribution in [0, 0.1) is 25.7 Å². The minimum Gasteiger partial charge on any atom is -0.459 e. The number of aromatic amines is 1. The molecule has 1 saturated carbocycles. The van der Waals surface area contributed by atoms with Gasteiger partial charge in [0.25, 0.3) is 5.91 Å². The van der Waals surface area contributed by atoms with Gasteiger partial charge < -0.3 is 15.0 Å². The van der Waals surface area contributed by atoms with Gasteiger partial charge in [0.15, 0.2) is 0 Å². The molecule has 2 N–H and O–H groups in total. The number of hydrogen-bond donors (Lipinski definition) is 2. The number of aryl methyl sites for hydroxylation is 1. The second-order valence-electron chi connectivity index (χ2n) is 7.43. The van der Waals surface area contributed by atoms with Crippen LogP contribution in [-0.4, -0.2) is 29.0 Å². The second kappa shape index (κ2) is 7.41. The van der Waals surface area contributed by atoms with Crippen LogP contribution >= 0.6 is 0 Å². The van der Waals surface area contributed by atoms with Crippen LogP contribution in [0.3, 0.4) is 0 Å². The Labute approximate surface area is 144 Å². The van der Waals surface area contributed by atoms with Gasteiger partial charge in [-0.3, -0.25) is 4.79 Å². The van der Waals surface area contributed by atoms with E-state index < -0.39 is 0 Å². The van der Waals surface area contributed by atoms with Crippen LogP contribution in [0.1, 0.15) is 79.1 Å². The average Bonchev–Trinajstić information content (AvgIpc) is 2.78. The molecule has 0 saturated heterocycles. The molecule has 0 bridgehead atoms. The number of rotatable bonds is 4. The molecule has 0 aliphatic heterocycles. The third-order valence-corrected chi connectivity index (χ3v) is 5.23. The number of amides is 1. The van der Waals surface area contributed by atoms with Crippen molar-refractivity contribution in [3.63, 3.8) is 0 Å². The molecule has 24 heavy (non-hydrogen) atoms. The summed E-state index contributed by atoms with van der Waals surface area (Å²) in [4.78, 5) is 28.0. The largest absolute Gasteiger partial charge is 0.459 e. The first-order valence-corrected chi connectivity index (χ1v) is 8.93. The Kier molecular flexibility index (Phi) is 5.73. The van der Waals surface area contributed by atoms with E-state index in [9.17, 15) is 9.59 Å². The van der Waals surface area contributed by atoms with Crippen molar-refractivity contribution in [2.45, 2.75) is 73.0 Å². The first kappa shape index (κ1) is 18.6. The van der Waals surface area contributed by atoms with E-state index in [2.05, 4.69) is 24.1 Å². The van der Waals surface area contributed by atoms with Gasteiger partial charge in [-0.25, -0.2) is 4.79 Å². The van der Waals surface area contributed by atoms with Crippen molar-refractivity contribution < 1.29 is 14.3 Å². The number of esters is 1. The molecule has 0 spiro atoms. The highest BCUT2D eigenvalue weighted by Gasteiger charge is 2.30. The topological polar surface area (TPSA) is 71.2 Å². The number of carbonyl (C=O) groups excluding carboxylic acids is 2. The number of H-pyrrole nitrogens is 1. The van der Waals surface area contributed by atoms with Crippen LogP contribution < -0.4 is 5.32 Å². The Morgan fingerprint density at radius 3 is 2.50 bits per heavy atom. The monoisotopic (exact) mass is 334 g/mol. The second-order valence-corrected chi connectivity index (χ2v) is 7.43. The van der Waals surface area contributed by atoms with Crippen molar-refractivity contribution in [3.05, 3.63) is 22.5 Å². The van der Waals surface area contributed by atoms with Crippen molar-refractivity contribution in [2.75, 3.05) is 0 Å². The minimum absolute atomic E-state index is 0.134. The van der Waals surface area contributed by atoms with Crippen LogP contribution in [0.2, 0.25) is 0 Å². The Morgan fingerprint density at radius 1 is 1.21 bits per heavy atom. The standard InChI is InChI=1S/C19H30N2O3/c1-10(2)24-19(23)16-13(5)17(20-14(16)6)18(22)21-15-9-7-8-11(3)12(15)4/h10-12,15,20H,7-9H2,1-6H3,(H,21,22). The van der Waals surface area contributed by atoms with E-state index >= 15 is 0 Å². The van der Waals surface area contributed by atoms with Crippen LogP contribution in [-0.2, 0) is 4.74 Å². The van der Waals surface area contributed by atoms with E-state index in [0.29, 0.717) is 34.4 Å². The Hall–Kier alpha value is -1.78. The predicted molar refractivity (Wildman–Crippen MR) is 94.3 cm³/mol. The van der Waals surface area contributed by atoms with Crippen LogP contribution in [0.4, 0.5) is 0 Å². The first-order chi connectivity index (χ1) is 11.2. The molecule has 5 heteroatoms. The molecule has 1 aromatic rings. The Balaban J connectivity index is 2.17. The molecule has 0 aromatic carbocycles. The molecule has 2 rings (SSSR count). The van der Waals surface area contributed by atoms with Gasteiger partial charge in [-0.05, 0) is 51.5 Å². The van der Waals surface area contributed by atoms with Crippen molar-refractivity contribution in [2.24, 2.45) is 11.8 Å². The van der Waals surface area contributed by atoms with E-state index in [1.165, 1.54) is 6.42 Å². The summed E-state index contributed by atoms with van der Waals surface area (Å²) in [5, 5.41) is 3.15. The highest BCUT2D eigenvalue weighted by Crippen LogP contribution is 2.30. The number of nitrogens with one attached hydrogen (secondary N) is 2. The minimum atomic E-state index is -0.380. The zero-order valence-corrected chi connectivity index (χ0v) is 15.7. The fourth-order valence-corrected chi connectivity index (χ4v) is 3.58. The molecule has 1 amide bonds.